The van der Waals surface area contributed by atoms with Gasteiger partial charge in [-0.1, -0.05) is 0 Å². The largest absolute Gasteiger partial charge is 0.482 e. The number of rotatable bonds is 1. The predicted octanol–water partition coefficient (Wildman–Crippen LogP) is 1.68. The molecular formula is C18H22N2O4. The number of carbonyl (C=O) groups is 2. The first-order valence-corrected chi connectivity index (χ1v) is 8.48. The number of fused-ring (bicyclic) bond motifs is 1. The van der Waals surface area contributed by atoms with E-state index in [1.807, 2.05) is 4.90 Å². The lowest BCUT2D eigenvalue weighted by molar-refractivity contribution is -0.120. The van der Waals surface area contributed by atoms with E-state index in [0.29, 0.717) is 17.0 Å². The lowest BCUT2D eigenvalue weighted by atomic mass is 9.79. The van der Waals surface area contributed by atoms with Crippen LogP contribution in [0.5, 0.6) is 5.75 Å². The van der Waals surface area contributed by atoms with Gasteiger partial charge in [0.25, 0.3) is 11.8 Å². The van der Waals surface area contributed by atoms with Gasteiger partial charge < -0.3 is 19.3 Å². The topological polar surface area (TPSA) is 59.1 Å². The second-order valence-electron chi connectivity index (χ2n) is 7.06. The summed E-state index contributed by atoms with van der Waals surface area (Å²) in [6.07, 6.45) is 3.18. The minimum Gasteiger partial charge on any atom is -0.482 e. The molecule has 0 radical (unpaired) electrons. The number of ether oxygens (including phenoxy) is 2. The standard InChI is InChI=1S/C18H22N2O4/c1-19-14-9-13(3-4-15(14)24-10-16(19)21)17(22)20-7-2-5-18(11-20)6-8-23-12-18/h3-4,9H,2,5-8,10-12H2,1H3/t18-/m0/s1. The Morgan fingerprint density at radius 3 is 2.96 bits per heavy atom. The fourth-order valence-corrected chi connectivity index (χ4v) is 3.94. The SMILES string of the molecule is CN1C(=O)COc2ccc(C(=O)N3CCC[C@]4(CCOC4)C3)cc21. The lowest BCUT2D eigenvalue weighted by Gasteiger charge is -2.39. The van der Waals surface area contributed by atoms with E-state index in [0.717, 1.165) is 45.6 Å². The molecule has 3 aliphatic heterocycles. The Balaban J connectivity index is 1.57. The van der Waals surface area contributed by atoms with E-state index >= 15 is 0 Å². The first kappa shape index (κ1) is 15.4. The fraction of sp³-hybridized carbons (Fsp3) is 0.556. The quantitative estimate of drug-likeness (QED) is 0.786. The molecule has 4 rings (SSSR count). The third-order valence-corrected chi connectivity index (χ3v) is 5.43. The normalized spacial score (nSPS) is 26.5. The molecule has 2 fully saturated rings. The van der Waals surface area contributed by atoms with E-state index in [1.165, 1.54) is 0 Å². The fourth-order valence-electron chi connectivity index (χ4n) is 3.94. The average molecular weight is 330 g/mol. The lowest BCUT2D eigenvalue weighted by Crippen LogP contribution is -2.46. The molecule has 128 valence electrons. The van der Waals surface area contributed by atoms with Crippen molar-refractivity contribution in [1.82, 2.24) is 4.90 Å². The second-order valence-corrected chi connectivity index (χ2v) is 7.06. The summed E-state index contributed by atoms with van der Waals surface area (Å²) in [5, 5.41) is 0. The molecule has 0 bridgehead atoms. The van der Waals surface area contributed by atoms with E-state index in [1.54, 1.807) is 30.1 Å². The van der Waals surface area contributed by atoms with Crippen molar-refractivity contribution in [3.8, 4) is 5.75 Å². The van der Waals surface area contributed by atoms with E-state index in [-0.39, 0.29) is 23.8 Å². The first-order chi connectivity index (χ1) is 11.6. The van der Waals surface area contributed by atoms with Crippen LogP contribution in [-0.2, 0) is 9.53 Å². The average Bonchev–Trinajstić information content (AvgIpc) is 3.05. The van der Waals surface area contributed by atoms with Crippen LogP contribution in [0.2, 0.25) is 0 Å². The van der Waals surface area contributed by atoms with Gasteiger partial charge >= 0.3 is 0 Å². The van der Waals surface area contributed by atoms with Crippen LogP contribution in [0, 0.1) is 5.41 Å². The monoisotopic (exact) mass is 330 g/mol. The molecule has 0 N–H and O–H groups in total. The highest BCUT2D eigenvalue weighted by molar-refractivity contribution is 6.01. The van der Waals surface area contributed by atoms with Gasteiger partial charge in [-0.05, 0) is 37.5 Å². The summed E-state index contributed by atoms with van der Waals surface area (Å²) in [6.45, 7) is 3.14. The van der Waals surface area contributed by atoms with Crippen molar-refractivity contribution in [3.63, 3.8) is 0 Å². The van der Waals surface area contributed by atoms with Crippen LogP contribution in [0.1, 0.15) is 29.6 Å². The molecule has 0 aliphatic carbocycles. The summed E-state index contributed by atoms with van der Waals surface area (Å²) in [5.74, 6) is 0.565. The molecule has 0 unspecified atom stereocenters. The molecule has 1 aromatic rings. The third-order valence-electron chi connectivity index (χ3n) is 5.43. The molecule has 6 nitrogen and oxygen atoms in total. The van der Waals surface area contributed by atoms with Gasteiger partial charge in [0.1, 0.15) is 5.75 Å². The molecule has 3 heterocycles. The van der Waals surface area contributed by atoms with Crippen LogP contribution in [0.3, 0.4) is 0 Å². The predicted molar refractivity (Wildman–Crippen MR) is 88.4 cm³/mol. The van der Waals surface area contributed by atoms with Crippen LogP contribution >= 0.6 is 0 Å². The van der Waals surface area contributed by atoms with Crippen molar-refractivity contribution in [2.75, 3.05) is 44.9 Å². The van der Waals surface area contributed by atoms with E-state index in [4.69, 9.17) is 9.47 Å². The van der Waals surface area contributed by atoms with Gasteiger partial charge in [0.05, 0.1) is 12.3 Å². The van der Waals surface area contributed by atoms with Gasteiger partial charge in [0.2, 0.25) is 0 Å². The maximum atomic E-state index is 13.0. The van der Waals surface area contributed by atoms with E-state index in [9.17, 15) is 9.59 Å². The Kier molecular flexibility index (Phi) is 3.72. The molecule has 2 saturated heterocycles. The maximum absolute atomic E-state index is 13.0. The van der Waals surface area contributed by atoms with Crippen molar-refractivity contribution in [1.29, 1.82) is 0 Å². The van der Waals surface area contributed by atoms with E-state index in [2.05, 4.69) is 0 Å². The third kappa shape index (κ3) is 2.55. The van der Waals surface area contributed by atoms with Gasteiger partial charge in [-0.25, -0.2) is 0 Å². The highest BCUT2D eigenvalue weighted by atomic mass is 16.5. The number of likely N-dealkylation sites (N-methyl/N-ethyl adjacent to an activating group) is 1. The highest BCUT2D eigenvalue weighted by Gasteiger charge is 2.40. The van der Waals surface area contributed by atoms with Crippen molar-refractivity contribution >= 4 is 17.5 Å². The zero-order chi connectivity index (χ0) is 16.7. The number of benzene rings is 1. The van der Waals surface area contributed by atoms with Gasteiger partial charge in [-0.3, -0.25) is 9.59 Å². The molecule has 1 spiro atoms. The van der Waals surface area contributed by atoms with Crippen molar-refractivity contribution in [2.45, 2.75) is 19.3 Å². The van der Waals surface area contributed by atoms with Gasteiger partial charge in [0, 0.05) is 37.7 Å². The summed E-state index contributed by atoms with van der Waals surface area (Å²) in [6, 6.07) is 5.34. The minimum absolute atomic E-state index is 0.0233. The molecule has 0 saturated carbocycles. The molecule has 24 heavy (non-hydrogen) atoms. The summed E-state index contributed by atoms with van der Waals surface area (Å²) in [4.78, 5) is 28.2. The van der Waals surface area contributed by atoms with Crippen LogP contribution in [0.4, 0.5) is 5.69 Å². The number of anilines is 1. The summed E-state index contributed by atoms with van der Waals surface area (Å²) >= 11 is 0. The number of carbonyl (C=O) groups excluding carboxylic acids is 2. The molecule has 1 aromatic carbocycles. The summed E-state index contributed by atoms with van der Waals surface area (Å²) in [5.41, 5.74) is 1.40. The number of hydrogen-bond donors (Lipinski definition) is 0. The minimum atomic E-state index is -0.105. The van der Waals surface area contributed by atoms with E-state index < -0.39 is 0 Å². The number of piperidine rings is 1. The number of amides is 2. The zero-order valence-electron chi connectivity index (χ0n) is 13.9. The Hall–Kier alpha value is -2.08. The second kappa shape index (κ2) is 5.77. The molecule has 3 aliphatic rings. The molecular weight excluding hydrogens is 308 g/mol. The maximum Gasteiger partial charge on any atom is 0.264 e. The van der Waals surface area contributed by atoms with Crippen LogP contribution in [0.25, 0.3) is 0 Å². The van der Waals surface area contributed by atoms with Crippen molar-refractivity contribution in [3.05, 3.63) is 23.8 Å². The van der Waals surface area contributed by atoms with Crippen LogP contribution in [-0.4, -0.2) is 56.7 Å². The molecule has 1 atom stereocenters. The Labute approximate surface area is 141 Å². The molecule has 2 amide bonds. The Morgan fingerprint density at radius 2 is 2.17 bits per heavy atom. The van der Waals surface area contributed by atoms with Gasteiger partial charge in [-0.2, -0.15) is 0 Å². The molecule has 0 aromatic heterocycles. The van der Waals surface area contributed by atoms with Gasteiger partial charge in [-0.15, -0.1) is 0 Å². The Morgan fingerprint density at radius 1 is 1.29 bits per heavy atom. The highest BCUT2D eigenvalue weighted by Crippen LogP contribution is 2.38. The van der Waals surface area contributed by atoms with Crippen LogP contribution < -0.4 is 9.64 Å². The number of nitrogens with zero attached hydrogens (tertiary/aromatic N) is 2. The van der Waals surface area contributed by atoms with Crippen molar-refractivity contribution < 1.29 is 19.1 Å². The summed E-state index contributed by atoms with van der Waals surface area (Å²) in [7, 11) is 1.71. The smallest absolute Gasteiger partial charge is 0.264 e. The van der Waals surface area contributed by atoms with Gasteiger partial charge in [0.15, 0.2) is 6.61 Å². The Bertz CT molecular complexity index is 682. The first-order valence-electron chi connectivity index (χ1n) is 8.48. The number of hydrogen-bond acceptors (Lipinski definition) is 4. The van der Waals surface area contributed by atoms with Crippen LogP contribution in [0.15, 0.2) is 18.2 Å². The summed E-state index contributed by atoms with van der Waals surface area (Å²) < 4.78 is 11.0. The zero-order valence-corrected chi connectivity index (χ0v) is 13.9. The number of likely N-dealkylation sites (tertiary alicyclic amines) is 1. The van der Waals surface area contributed by atoms with Crippen molar-refractivity contribution in [2.24, 2.45) is 5.41 Å². The molecule has 6 heteroatoms.